The molecule has 0 saturated carbocycles. The predicted molar refractivity (Wildman–Crippen MR) is 87.1 cm³/mol. The molecule has 1 aromatic carbocycles. The number of pyridine rings is 1. The molecular formula is C18H20N2O2. The van der Waals surface area contributed by atoms with Gasteiger partial charge in [0, 0.05) is 24.6 Å². The van der Waals surface area contributed by atoms with Gasteiger partial charge in [-0.2, -0.15) is 0 Å². The van der Waals surface area contributed by atoms with Gasteiger partial charge in [-0.1, -0.05) is 31.2 Å². The van der Waals surface area contributed by atoms with Gasteiger partial charge in [-0.3, -0.25) is 4.79 Å². The van der Waals surface area contributed by atoms with Gasteiger partial charge >= 0.3 is 0 Å². The number of carbonyl (C=O) groups excluding carboxylic acids is 1. The Bertz CT molecular complexity index is 711. The Kier molecular flexibility index (Phi) is 4.20. The van der Waals surface area contributed by atoms with E-state index in [1.807, 2.05) is 43.3 Å². The van der Waals surface area contributed by atoms with Crippen LogP contribution < -0.4 is 0 Å². The van der Waals surface area contributed by atoms with Gasteiger partial charge in [-0.05, 0) is 30.5 Å². The molecule has 1 N–H and O–H groups in total. The summed E-state index contributed by atoms with van der Waals surface area (Å²) in [6.45, 7) is 3.13. The number of benzene rings is 1. The van der Waals surface area contributed by atoms with E-state index in [0.717, 1.165) is 23.0 Å². The fourth-order valence-corrected chi connectivity index (χ4v) is 2.69. The quantitative estimate of drug-likeness (QED) is 0.866. The fraction of sp³-hybridized carbons (Fsp3) is 0.333. The number of carbonyl (C=O) groups is 1. The number of nitrogens with zero attached hydrogens (tertiary/aromatic N) is 2. The van der Waals surface area contributed by atoms with Crippen molar-refractivity contribution in [3.05, 3.63) is 48.2 Å². The summed E-state index contributed by atoms with van der Waals surface area (Å²) in [5.74, 6) is 0.191. The van der Waals surface area contributed by atoms with Gasteiger partial charge in [0.1, 0.15) is 0 Å². The van der Waals surface area contributed by atoms with E-state index in [-0.39, 0.29) is 11.8 Å². The smallest absolute Gasteiger partial charge is 0.246 e. The second-order valence-electron chi connectivity index (χ2n) is 5.88. The van der Waals surface area contributed by atoms with Gasteiger partial charge in [0.15, 0.2) is 0 Å². The van der Waals surface area contributed by atoms with E-state index in [4.69, 9.17) is 0 Å². The van der Waals surface area contributed by atoms with E-state index < -0.39 is 6.10 Å². The Morgan fingerprint density at radius 2 is 2.14 bits per heavy atom. The standard InChI is InChI=1S/C18H20N2O2/c1-13-10-11-20(12-17(13)21)18(22)9-8-15-7-6-14-4-2-3-5-16(14)19-15/h2-9,13,17,21H,10-12H2,1H3/b9-8+. The Morgan fingerprint density at radius 1 is 1.32 bits per heavy atom. The lowest BCUT2D eigenvalue weighted by Crippen LogP contribution is -2.45. The van der Waals surface area contributed by atoms with Crippen LogP contribution in [-0.2, 0) is 4.79 Å². The van der Waals surface area contributed by atoms with Crippen molar-refractivity contribution in [3.63, 3.8) is 0 Å². The minimum atomic E-state index is -0.426. The molecule has 2 atom stereocenters. The Hall–Kier alpha value is -2.20. The largest absolute Gasteiger partial charge is 0.391 e. The van der Waals surface area contributed by atoms with E-state index in [2.05, 4.69) is 4.98 Å². The highest BCUT2D eigenvalue weighted by Gasteiger charge is 2.26. The van der Waals surface area contributed by atoms with E-state index in [1.165, 1.54) is 0 Å². The summed E-state index contributed by atoms with van der Waals surface area (Å²) in [5, 5.41) is 11.0. The lowest BCUT2D eigenvalue weighted by Gasteiger charge is -2.33. The zero-order valence-corrected chi connectivity index (χ0v) is 12.6. The maximum atomic E-state index is 12.2. The van der Waals surface area contributed by atoms with Crippen LogP contribution in [0.1, 0.15) is 19.0 Å². The molecule has 4 heteroatoms. The molecule has 1 saturated heterocycles. The van der Waals surface area contributed by atoms with Crippen molar-refractivity contribution in [3.8, 4) is 0 Å². The highest BCUT2D eigenvalue weighted by Crippen LogP contribution is 2.17. The van der Waals surface area contributed by atoms with Crippen molar-refractivity contribution in [2.45, 2.75) is 19.4 Å². The van der Waals surface area contributed by atoms with Crippen molar-refractivity contribution in [2.75, 3.05) is 13.1 Å². The first-order valence-electron chi connectivity index (χ1n) is 7.64. The van der Waals surface area contributed by atoms with Crippen molar-refractivity contribution in [1.82, 2.24) is 9.88 Å². The number of fused-ring (bicyclic) bond motifs is 1. The molecule has 22 heavy (non-hydrogen) atoms. The normalized spacial score (nSPS) is 22.4. The molecule has 2 unspecified atom stereocenters. The molecule has 0 aliphatic carbocycles. The zero-order chi connectivity index (χ0) is 15.5. The highest BCUT2D eigenvalue weighted by molar-refractivity contribution is 5.92. The second-order valence-corrected chi connectivity index (χ2v) is 5.88. The molecule has 3 rings (SSSR count). The van der Waals surface area contributed by atoms with Crippen molar-refractivity contribution in [1.29, 1.82) is 0 Å². The summed E-state index contributed by atoms with van der Waals surface area (Å²) in [4.78, 5) is 18.4. The predicted octanol–water partition coefficient (Wildman–Crippen LogP) is 2.48. The highest BCUT2D eigenvalue weighted by atomic mass is 16.3. The lowest BCUT2D eigenvalue weighted by atomic mass is 9.96. The SMILES string of the molecule is CC1CCN(C(=O)/C=C/c2ccc3ccccc3n2)CC1O. The molecule has 1 amide bonds. The topological polar surface area (TPSA) is 53.4 Å². The van der Waals surface area contributed by atoms with E-state index in [1.54, 1.807) is 17.1 Å². The molecule has 1 fully saturated rings. The van der Waals surface area contributed by atoms with Crippen LogP contribution in [0.5, 0.6) is 0 Å². The third-order valence-corrected chi connectivity index (χ3v) is 4.25. The summed E-state index contributed by atoms with van der Waals surface area (Å²) < 4.78 is 0. The van der Waals surface area contributed by atoms with Crippen molar-refractivity contribution < 1.29 is 9.90 Å². The molecule has 0 bridgehead atoms. The van der Waals surface area contributed by atoms with Crippen LogP contribution in [0, 0.1) is 5.92 Å². The van der Waals surface area contributed by atoms with Gasteiger partial charge in [-0.15, -0.1) is 0 Å². The molecular weight excluding hydrogens is 276 g/mol. The number of amides is 1. The maximum absolute atomic E-state index is 12.2. The summed E-state index contributed by atoms with van der Waals surface area (Å²) in [6.07, 6.45) is 3.69. The fourth-order valence-electron chi connectivity index (χ4n) is 2.69. The molecule has 4 nitrogen and oxygen atoms in total. The number of para-hydroxylation sites is 1. The van der Waals surface area contributed by atoms with Gasteiger partial charge in [0.2, 0.25) is 5.91 Å². The van der Waals surface area contributed by atoms with Gasteiger partial charge in [-0.25, -0.2) is 4.98 Å². The average molecular weight is 296 g/mol. The van der Waals surface area contributed by atoms with Gasteiger partial charge < -0.3 is 10.0 Å². The molecule has 2 aromatic rings. The van der Waals surface area contributed by atoms with Crippen LogP contribution in [0.15, 0.2) is 42.5 Å². The van der Waals surface area contributed by atoms with Crippen LogP contribution in [-0.4, -0.2) is 40.1 Å². The molecule has 0 radical (unpaired) electrons. The summed E-state index contributed by atoms with van der Waals surface area (Å²) in [6, 6.07) is 11.8. The number of aliphatic hydroxyl groups is 1. The first-order valence-corrected chi connectivity index (χ1v) is 7.64. The number of likely N-dealkylation sites (tertiary alicyclic amines) is 1. The number of aliphatic hydroxyl groups excluding tert-OH is 1. The summed E-state index contributed by atoms with van der Waals surface area (Å²) in [7, 11) is 0. The third-order valence-electron chi connectivity index (χ3n) is 4.25. The Balaban J connectivity index is 1.71. The average Bonchev–Trinajstić information content (AvgIpc) is 2.55. The molecule has 1 aromatic heterocycles. The van der Waals surface area contributed by atoms with Gasteiger partial charge in [0.05, 0.1) is 17.3 Å². The van der Waals surface area contributed by atoms with Crippen molar-refractivity contribution >= 4 is 22.9 Å². The molecule has 1 aliphatic rings. The number of hydrogen-bond acceptors (Lipinski definition) is 3. The number of rotatable bonds is 2. The summed E-state index contributed by atoms with van der Waals surface area (Å²) >= 11 is 0. The van der Waals surface area contributed by atoms with E-state index in [9.17, 15) is 9.90 Å². The number of hydrogen-bond donors (Lipinski definition) is 1. The summed E-state index contributed by atoms with van der Waals surface area (Å²) in [5.41, 5.74) is 1.68. The second kappa shape index (κ2) is 6.28. The van der Waals surface area contributed by atoms with Crippen molar-refractivity contribution in [2.24, 2.45) is 5.92 Å². The number of β-amino-alcohol motifs (C(OH)–C–C–N with tert-alkyl or cyclic N) is 1. The minimum absolute atomic E-state index is 0.0686. The Labute approximate surface area is 130 Å². The van der Waals surface area contributed by atoms with Crippen LogP contribution >= 0.6 is 0 Å². The Morgan fingerprint density at radius 3 is 2.95 bits per heavy atom. The molecule has 0 spiro atoms. The van der Waals surface area contributed by atoms with E-state index in [0.29, 0.717) is 13.1 Å². The third kappa shape index (κ3) is 3.17. The number of aromatic nitrogens is 1. The molecule has 114 valence electrons. The minimum Gasteiger partial charge on any atom is -0.391 e. The van der Waals surface area contributed by atoms with Crippen LogP contribution in [0.4, 0.5) is 0 Å². The van der Waals surface area contributed by atoms with Crippen LogP contribution in [0.3, 0.4) is 0 Å². The van der Waals surface area contributed by atoms with Crippen LogP contribution in [0.2, 0.25) is 0 Å². The number of piperidine rings is 1. The molecule has 2 heterocycles. The van der Waals surface area contributed by atoms with Gasteiger partial charge in [0.25, 0.3) is 0 Å². The first kappa shape index (κ1) is 14.7. The lowest BCUT2D eigenvalue weighted by molar-refractivity contribution is -0.130. The maximum Gasteiger partial charge on any atom is 0.246 e. The monoisotopic (exact) mass is 296 g/mol. The van der Waals surface area contributed by atoms with Crippen LogP contribution in [0.25, 0.3) is 17.0 Å². The first-order chi connectivity index (χ1) is 10.6. The molecule has 1 aliphatic heterocycles. The zero-order valence-electron chi connectivity index (χ0n) is 12.6. The van der Waals surface area contributed by atoms with E-state index >= 15 is 0 Å².